The van der Waals surface area contributed by atoms with Gasteiger partial charge in [-0.2, -0.15) is 0 Å². The van der Waals surface area contributed by atoms with E-state index in [1.165, 1.54) is 0 Å². The molecular formula is CH4O2S. The van der Waals surface area contributed by atoms with Crippen molar-refractivity contribution in [2.75, 3.05) is 6.18 Å². The van der Waals surface area contributed by atoms with E-state index in [0.29, 0.717) is 0 Å². The third-order valence-electron chi connectivity index (χ3n) is 0. The van der Waals surface area contributed by atoms with Crippen LogP contribution in [-0.4, -0.2) is 14.9 Å². The van der Waals surface area contributed by atoms with Gasteiger partial charge in [-0.05, 0) is 0 Å². The van der Waals surface area contributed by atoms with Crippen molar-refractivity contribution >= 4 is 11.1 Å². The van der Waals surface area contributed by atoms with Gasteiger partial charge < -0.3 is 4.55 Å². The molecule has 1 atom stereocenters. The third kappa shape index (κ3) is 215. The van der Waals surface area contributed by atoms with Crippen LogP contribution in [0.15, 0.2) is 0 Å². The summed E-state index contributed by atoms with van der Waals surface area (Å²) < 4.78 is 35.9. The zero-order chi connectivity index (χ0) is 6.08. The molecule has 0 saturated carbocycles. The molecule has 26 valence electrons. The summed E-state index contributed by atoms with van der Waals surface area (Å²) in [7, 11) is 0. The van der Waals surface area contributed by atoms with Crippen molar-refractivity contribution in [1.82, 2.24) is 0 Å². The number of rotatable bonds is 0. The van der Waals surface area contributed by atoms with Gasteiger partial charge in [0.1, 0.15) is 11.1 Å². The van der Waals surface area contributed by atoms with E-state index >= 15 is 0 Å². The Morgan fingerprint density at radius 1 is 2.50 bits per heavy atom. The zero-order valence-corrected chi connectivity index (χ0v) is 2.58. The van der Waals surface area contributed by atoms with Gasteiger partial charge in [0.05, 0.1) is 0 Å². The molecular weight excluding hydrogens is 76.1 g/mol. The maximum Gasteiger partial charge on any atom is 0.149 e. The lowest BCUT2D eigenvalue weighted by Gasteiger charge is -1.60. The van der Waals surface area contributed by atoms with E-state index in [4.69, 9.17) is 8.67 Å². The lowest BCUT2D eigenvalue weighted by atomic mass is 12.0. The molecule has 3 heteroatoms. The number of hydrogen-bond acceptors (Lipinski definition) is 1. The highest BCUT2D eigenvalue weighted by molar-refractivity contribution is 7.78. The second-order valence-corrected chi connectivity index (χ2v) is 0.747. The number of hydrogen-bond donors (Lipinski definition) is 1. The van der Waals surface area contributed by atoms with Crippen LogP contribution in [0, 0.1) is 0 Å². The first kappa shape index (κ1) is 1.06. The van der Waals surface area contributed by atoms with Crippen LogP contribution in [0.25, 0.3) is 0 Å². The second kappa shape index (κ2) is 1.43. The van der Waals surface area contributed by atoms with Crippen molar-refractivity contribution in [3.63, 3.8) is 0 Å². The minimum Gasteiger partial charge on any atom is -0.306 e. The minimum absolute atomic E-state index is 2.68. The molecule has 0 aromatic rings. The SMILES string of the molecule is [2H]C([2H])([2H])S(=O)O. The monoisotopic (exact) mass is 83.0 g/mol. The van der Waals surface area contributed by atoms with E-state index in [-0.39, 0.29) is 0 Å². The molecule has 0 radical (unpaired) electrons. The van der Waals surface area contributed by atoms with Crippen LogP contribution < -0.4 is 0 Å². The Labute approximate surface area is 31.3 Å². The summed E-state index contributed by atoms with van der Waals surface area (Å²) in [6.45, 7) is 0. The Morgan fingerprint density at radius 3 is 2.75 bits per heavy atom. The molecule has 0 amide bonds. The fraction of sp³-hybridized carbons (Fsp3) is 1.00. The predicted octanol–water partition coefficient (Wildman–Crippen LogP) is -0.162. The molecule has 0 aromatic carbocycles. The van der Waals surface area contributed by atoms with E-state index in [9.17, 15) is 4.21 Å². The molecule has 0 bridgehead atoms. The average molecular weight is 83.1 g/mol. The van der Waals surface area contributed by atoms with E-state index in [2.05, 4.69) is 0 Å². The van der Waals surface area contributed by atoms with Gasteiger partial charge >= 0.3 is 0 Å². The van der Waals surface area contributed by atoms with Crippen molar-refractivity contribution in [2.45, 2.75) is 0 Å². The summed E-state index contributed by atoms with van der Waals surface area (Å²) >= 11 is -2.68. The van der Waals surface area contributed by atoms with E-state index < -0.39 is 17.3 Å². The quantitative estimate of drug-likeness (QED) is 0.413. The molecule has 0 aliphatic heterocycles. The van der Waals surface area contributed by atoms with Crippen LogP contribution in [0.2, 0.25) is 0 Å². The fourth-order valence-electron chi connectivity index (χ4n) is 0. The van der Waals surface area contributed by atoms with Crippen LogP contribution in [-0.2, 0) is 11.1 Å². The van der Waals surface area contributed by atoms with Crippen LogP contribution in [0.3, 0.4) is 0 Å². The Kier molecular flexibility index (Phi) is 0.381. The first-order chi connectivity index (χ1) is 2.94. The average Bonchev–Trinajstić information content (AvgIpc) is 1.31. The van der Waals surface area contributed by atoms with Crippen LogP contribution in [0.4, 0.5) is 0 Å². The molecule has 0 aromatic heterocycles. The Bertz CT molecular complexity index is 85.4. The summed E-state index contributed by atoms with van der Waals surface area (Å²) in [6, 6.07) is 0. The lowest BCUT2D eigenvalue weighted by molar-refractivity contribution is 0.571. The van der Waals surface area contributed by atoms with Crippen molar-refractivity contribution in [3.05, 3.63) is 0 Å². The van der Waals surface area contributed by atoms with E-state index in [1.807, 2.05) is 0 Å². The first-order valence-corrected chi connectivity index (χ1v) is 1.66. The van der Waals surface area contributed by atoms with Gasteiger partial charge in [0, 0.05) is 10.3 Å². The van der Waals surface area contributed by atoms with Crippen molar-refractivity contribution < 1.29 is 12.9 Å². The van der Waals surface area contributed by atoms with Gasteiger partial charge in [-0.1, -0.05) is 0 Å². The van der Waals surface area contributed by atoms with Gasteiger partial charge in [0.15, 0.2) is 0 Å². The molecule has 0 heterocycles. The molecule has 0 saturated heterocycles. The Morgan fingerprint density at radius 2 is 2.75 bits per heavy atom. The Balaban J connectivity index is 3.79. The van der Waals surface area contributed by atoms with Crippen LogP contribution >= 0.6 is 0 Å². The third-order valence-corrected chi connectivity index (χ3v) is 0. The molecule has 4 heavy (non-hydrogen) atoms. The Hall–Kier alpha value is 0.110. The molecule has 2 nitrogen and oxygen atoms in total. The highest BCUT2D eigenvalue weighted by Gasteiger charge is 1.59. The van der Waals surface area contributed by atoms with Gasteiger partial charge in [0.2, 0.25) is 0 Å². The summed E-state index contributed by atoms with van der Waals surface area (Å²) in [5.74, 6) is 0. The van der Waals surface area contributed by atoms with E-state index in [1.54, 1.807) is 0 Å². The molecule has 1 N–H and O–H groups in total. The molecule has 1 unspecified atom stereocenters. The minimum atomic E-state index is -2.72. The molecule has 0 rings (SSSR count). The molecule has 0 aliphatic carbocycles. The van der Waals surface area contributed by atoms with E-state index in [0.717, 1.165) is 0 Å². The van der Waals surface area contributed by atoms with Gasteiger partial charge in [-0.15, -0.1) is 0 Å². The summed E-state index contributed by atoms with van der Waals surface area (Å²) in [5.41, 5.74) is 0. The maximum atomic E-state index is 9.57. The topological polar surface area (TPSA) is 37.3 Å². The van der Waals surface area contributed by atoms with Crippen molar-refractivity contribution in [2.24, 2.45) is 0 Å². The molecule has 0 spiro atoms. The van der Waals surface area contributed by atoms with Crippen molar-refractivity contribution in [1.29, 1.82) is 0 Å². The van der Waals surface area contributed by atoms with Crippen LogP contribution in [0.1, 0.15) is 4.11 Å². The van der Waals surface area contributed by atoms with Gasteiger partial charge in [-0.3, -0.25) is 0 Å². The molecule has 0 aliphatic rings. The largest absolute Gasteiger partial charge is 0.306 e. The summed E-state index contributed by atoms with van der Waals surface area (Å²) in [5, 5.41) is 0. The fourth-order valence-corrected chi connectivity index (χ4v) is 0. The summed E-state index contributed by atoms with van der Waals surface area (Å²) in [6.07, 6.45) is -2.72. The second-order valence-electron chi connectivity index (χ2n) is 0.249. The maximum absolute atomic E-state index is 9.57. The van der Waals surface area contributed by atoms with Crippen molar-refractivity contribution in [3.8, 4) is 0 Å². The zero-order valence-electron chi connectivity index (χ0n) is 4.76. The molecule has 0 fully saturated rings. The van der Waals surface area contributed by atoms with Gasteiger partial charge in [-0.25, -0.2) is 4.21 Å². The summed E-state index contributed by atoms with van der Waals surface area (Å²) in [4.78, 5) is 0. The standard InChI is InChI=1S/CH4O2S/c1-4(2)3/h1H3,(H,2,3)/i1D3. The van der Waals surface area contributed by atoms with Gasteiger partial charge in [0.25, 0.3) is 0 Å². The lowest BCUT2D eigenvalue weighted by Crippen LogP contribution is -1.72. The van der Waals surface area contributed by atoms with Crippen LogP contribution in [0.5, 0.6) is 0 Å². The first-order valence-electron chi connectivity index (χ1n) is 2.05. The highest BCUT2D eigenvalue weighted by Crippen LogP contribution is 1.45. The predicted molar refractivity (Wildman–Crippen MR) is 16.7 cm³/mol. The highest BCUT2D eigenvalue weighted by atomic mass is 32.2. The smallest absolute Gasteiger partial charge is 0.149 e. The normalized spacial score (nSPS) is 29.8.